The van der Waals surface area contributed by atoms with Gasteiger partial charge in [0, 0.05) is 19.7 Å². The van der Waals surface area contributed by atoms with Crippen LogP contribution < -0.4 is 20.7 Å². The van der Waals surface area contributed by atoms with Crippen LogP contribution >= 0.6 is 11.6 Å². The monoisotopic (exact) mass is 310 g/mol. The van der Waals surface area contributed by atoms with Gasteiger partial charge < -0.3 is 15.4 Å². The number of ether oxygens (including phenoxy) is 1. The molecule has 1 aromatic carbocycles. The highest BCUT2D eigenvalue weighted by atomic mass is 35.5. The van der Waals surface area contributed by atoms with E-state index in [1.54, 1.807) is 32.4 Å². The summed E-state index contributed by atoms with van der Waals surface area (Å²) in [4.78, 5) is 15.9. The van der Waals surface area contributed by atoms with Crippen LogP contribution in [0.15, 0.2) is 23.2 Å². The summed E-state index contributed by atoms with van der Waals surface area (Å²) in [6, 6.07) is 4.93. The maximum atomic E-state index is 11.5. The van der Waals surface area contributed by atoms with Crippen molar-refractivity contribution >= 4 is 29.3 Å². The number of urea groups is 1. The van der Waals surface area contributed by atoms with Gasteiger partial charge in [-0.15, -0.1) is 0 Å². The third-order valence-corrected chi connectivity index (χ3v) is 3.41. The molecule has 0 spiro atoms. The van der Waals surface area contributed by atoms with Gasteiger partial charge >= 0.3 is 6.03 Å². The number of methoxy groups -OCH3 is 1. The fraction of sp³-hybridized carbons (Fsp3) is 0.429. The zero-order valence-corrected chi connectivity index (χ0v) is 12.8. The molecule has 0 heterocycles. The molecule has 0 bridgehead atoms. The molecule has 1 fully saturated rings. The summed E-state index contributed by atoms with van der Waals surface area (Å²) in [5, 5.41) is 8.68. The van der Waals surface area contributed by atoms with Gasteiger partial charge in [-0.3, -0.25) is 10.3 Å². The molecule has 0 aromatic heterocycles. The van der Waals surface area contributed by atoms with Crippen molar-refractivity contribution < 1.29 is 9.53 Å². The maximum Gasteiger partial charge on any atom is 0.321 e. The molecule has 7 heteroatoms. The molecule has 0 saturated heterocycles. The molecular weight excluding hydrogens is 292 g/mol. The molecule has 114 valence electrons. The van der Waals surface area contributed by atoms with Gasteiger partial charge in [0.25, 0.3) is 0 Å². The minimum Gasteiger partial charge on any atom is -0.497 e. The zero-order chi connectivity index (χ0) is 15.2. The summed E-state index contributed by atoms with van der Waals surface area (Å²) in [5.41, 5.74) is 0.656. The first kappa shape index (κ1) is 15.4. The Morgan fingerprint density at radius 1 is 1.48 bits per heavy atom. The first-order chi connectivity index (χ1) is 10.1. The lowest BCUT2D eigenvalue weighted by atomic mass is 10.3. The maximum absolute atomic E-state index is 11.5. The van der Waals surface area contributed by atoms with Crippen molar-refractivity contribution in [3.05, 3.63) is 23.2 Å². The molecular formula is C14H19ClN4O2. The van der Waals surface area contributed by atoms with Gasteiger partial charge in [-0.25, -0.2) is 4.79 Å². The molecule has 1 aliphatic carbocycles. The highest BCUT2D eigenvalue weighted by Crippen LogP contribution is 2.29. The number of hydrogen-bond acceptors (Lipinski definition) is 3. The van der Waals surface area contributed by atoms with E-state index >= 15 is 0 Å². The lowest BCUT2D eigenvalue weighted by Gasteiger charge is -2.13. The Balaban J connectivity index is 2.09. The quantitative estimate of drug-likeness (QED) is 0.591. The van der Waals surface area contributed by atoms with E-state index in [1.165, 1.54) is 12.8 Å². The molecule has 6 nitrogen and oxygen atoms in total. The number of guanidine groups is 1. The first-order valence-electron chi connectivity index (χ1n) is 6.76. The van der Waals surface area contributed by atoms with Crippen LogP contribution in [0, 0.1) is 5.92 Å². The van der Waals surface area contributed by atoms with Crippen molar-refractivity contribution in [2.45, 2.75) is 12.8 Å². The van der Waals surface area contributed by atoms with Crippen LogP contribution in [0.2, 0.25) is 5.02 Å². The Morgan fingerprint density at radius 2 is 2.24 bits per heavy atom. The van der Waals surface area contributed by atoms with E-state index in [2.05, 4.69) is 20.9 Å². The second-order valence-corrected chi connectivity index (χ2v) is 5.21. The van der Waals surface area contributed by atoms with Crippen molar-refractivity contribution in [2.24, 2.45) is 10.9 Å². The standard InChI is InChI=1S/C14H19ClN4O2/c1-16-14(20)19-13(17-8-9-3-4-9)18-12-6-5-10(21-2)7-11(12)15/h5-7,9H,3-4,8H2,1-2H3,(H3,16,17,18,19,20). The number of carbonyl (C=O) groups is 1. The fourth-order valence-electron chi connectivity index (χ4n) is 1.65. The van der Waals surface area contributed by atoms with Gasteiger partial charge in [0.2, 0.25) is 5.96 Å². The lowest BCUT2D eigenvalue weighted by Crippen LogP contribution is -2.41. The van der Waals surface area contributed by atoms with Crippen LogP contribution in [-0.4, -0.2) is 32.7 Å². The molecule has 0 aliphatic heterocycles. The number of anilines is 1. The topological polar surface area (TPSA) is 74.8 Å². The van der Waals surface area contributed by atoms with E-state index in [4.69, 9.17) is 16.3 Å². The van der Waals surface area contributed by atoms with Crippen molar-refractivity contribution in [3.63, 3.8) is 0 Å². The number of hydrogen-bond donors (Lipinski definition) is 3. The van der Waals surface area contributed by atoms with Crippen LogP contribution in [-0.2, 0) is 0 Å². The highest BCUT2D eigenvalue weighted by molar-refractivity contribution is 6.34. The van der Waals surface area contributed by atoms with Crippen molar-refractivity contribution in [3.8, 4) is 5.75 Å². The van der Waals surface area contributed by atoms with E-state index in [1.807, 2.05) is 0 Å². The van der Waals surface area contributed by atoms with Crippen LogP contribution in [0.4, 0.5) is 10.5 Å². The number of halogens is 1. The first-order valence-corrected chi connectivity index (χ1v) is 7.14. The summed E-state index contributed by atoms with van der Waals surface area (Å²) in [5.74, 6) is 1.68. The Morgan fingerprint density at radius 3 is 2.81 bits per heavy atom. The summed E-state index contributed by atoms with van der Waals surface area (Å²) in [6.07, 6.45) is 2.39. The number of aliphatic imine (C=N–C) groups is 1. The van der Waals surface area contributed by atoms with E-state index in [-0.39, 0.29) is 6.03 Å². The smallest absolute Gasteiger partial charge is 0.321 e. The molecule has 2 amide bonds. The zero-order valence-electron chi connectivity index (χ0n) is 12.1. The van der Waals surface area contributed by atoms with Gasteiger partial charge in [0.15, 0.2) is 0 Å². The van der Waals surface area contributed by atoms with Crippen LogP contribution in [0.3, 0.4) is 0 Å². The fourth-order valence-corrected chi connectivity index (χ4v) is 1.87. The average Bonchev–Trinajstić information content (AvgIpc) is 3.30. The van der Waals surface area contributed by atoms with Crippen molar-refractivity contribution in [1.29, 1.82) is 0 Å². The second kappa shape index (κ2) is 7.17. The molecule has 0 atom stereocenters. The van der Waals surface area contributed by atoms with E-state index in [0.29, 0.717) is 34.9 Å². The largest absolute Gasteiger partial charge is 0.497 e. The number of rotatable bonds is 4. The summed E-state index contributed by atoms with van der Waals surface area (Å²) in [6.45, 7) is 0.695. The van der Waals surface area contributed by atoms with Crippen LogP contribution in [0.1, 0.15) is 12.8 Å². The molecule has 1 saturated carbocycles. The molecule has 2 rings (SSSR count). The second-order valence-electron chi connectivity index (χ2n) is 4.81. The predicted octanol–water partition coefficient (Wildman–Crippen LogP) is 2.46. The third kappa shape index (κ3) is 4.82. The molecule has 1 aliphatic rings. The Labute approximate surface area is 128 Å². The minimum atomic E-state index is -0.332. The van der Waals surface area contributed by atoms with Crippen molar-refractivity contribution in [2.75, 3.05) is 26.0 Å². The van der Waals surface area contributed by atoms with Crippen LogP contribution in [0.5, 0.6) is 5.75 Å². The van der Waals surface area contributed by atoms with E-state index in [0.717, 1.165) is 0 Å². The lowest BCUT2D eigenvalue weighted by molar-refractivity contribution is 0.247. The predicted molar refractivity (Wildman–Crippen MR) is 84.2 cm³/mol. The molecule has 0 unspecified atom stereocenters. The summed E-state index contributed by atoms with van der Waals surface area (Å²) < 4.78 is 5.10. The van der Waals surface area contributed by atoms with E-state index in [9.17, 15) is 4.79 Å². The number of carbonyl (C=O) groups excluding carboxylic acids is 1. The summed E-state index contributed by atoms with van der Waals surface area (Å²) in [7, 11) is 3.13. The van der Waals surface area contributed by atoms with Gasteiger partial charge in [-0.05, 0) is 30.9 Å². The molecule has 1 aromatic rings. The number of nitrogens with zero attached hydrogens (tertiary/aromatic N) is 1. The number of benzene rings is 1. The van der Waals surface area contributed by atoms with Crippen molar-refractivity contribution in [1.82, 2.24) is 10.6 Å². The summed E-state index contributed by atoms with van der Waals surface area (Å²) >= 11 is 6.17. The van der Waals surface area contributed by atoms with Gasteiger partial charge in [0.1, 0.15) is 5.75 Å². The highest BCUT2D eigenvalue weighted by Gasteiger charge is 2.21. The SMILES string of the molecule is CNC(=O)NC(=NCC1CC1)Nc1ccc(OC)cc1Cl. The Kier molecular flexibility index (Phi) is 5.27. The van der Waals surface area contributed by atoms with Crippen LogP contribution in [0.25, 0.3) is 0 Å². The Hall–Kier alpha value is -1.95. The number of nitrogens with one attached hydrogen (secondary N) is 3. The van der Waals surface area contributed by atoms with Gasteiger partial charge in [-0.2, -0.15) is 0 Å². The normalized spacial score (nSPS) is 14.5. The third-order valence-electron chi connectivity index (χ3n) is 3.09. The Bertz CT molecular complexity index is 544. The number of amides is 2. The van der Waals surface area contributed by atoms with Gasteiger partial charge in [0.05, 0.1) is 17.8 Å². The molecule has 21 heavy (non-hydrogen) atoms. The van der Waals surface area contributed by atoms with Gasteiger partial charge in [-0.1, -0.05) is 11.6 Å². The molecule has 0 radical (unpaired) electrons. The average molecular weight is 311 g/mol. The van der Waals surface area contributed by atoms with E-state index < -0.39 is 0 Å². The molecule has 3 N–H and O–H groups in total. The minimum absolute atomic E-state index is 0.332.